The monoisotopic (exact) mass is 356 g/mol. The lowest BCUT2D eigenvalue weighted by Crippen LogP contribution is -2.34. The number of phenolic OH excluding ortho intramolecular Hbond substituents is 1. The first kappa shape index (κ1) is 16.8. The Labute approximate surface area is 151 Å². The minimum absolute atomic E-state index is 0.160. The van der Waals surface area contributed by atoms with Crippen LogP contribution in [0.2, 0.25) is 0 Å². The van der Waals surface area contributed by atoms with Crippen molar-refractivity contribution in [2.24, 2.45) is 0 Å². The quantitative estimate of drug-likeness (QED) is 0.764. The summed E-state index contributed by atoms with van der Waals surface area (Å²) in [7, 11) is 1.42. The average Bonchev–Trinajstić information content (AvgIpc) is 3.09. The number of oxazole rings is 1. The number of hydrogen-bond donors (Lipinski definition) is 1. The molecule has 1 N–H and O–H groups in total. The first-order valence-corrected chi connectivity index (χ1v) is 8.77. The van der Waals surface area contributed by atoms with Gasteiger partial charge in [0.25, 0.3) is 0 Å². The van der Waals surface area contributed by atoms with Crippen LogP contribution in [0.4, 0.5) is 4.39 Å². The third-order valence-corrected chi connectivity index (χ3v) is 4.88. The molecule has 1 aliphatic rings. The van der Waals surface area contributed by atoms with Crippen LogP contribution in [-0.2, 0) is 6.54 Å². The van der Waals surface area contributed by atoms with E-state index in [4.69, 9.17) is 9.15 Å². The predicted molar refractivity (Wildman–Crippen MR) is 95.9 cm³/mol. The number of piperidine rings is 1. The summed E-state index contributed by atoms with van der Waals surface area (Å²) in [4.78, 5) is 6.88. The molecule has 0 saturated carbocycles. The van der Waals surface area contributed by atoms with Gasteiger partial charge in [0, 0.05) is 19.0 Å². The van der Waals surface area contributed by atoms with Crippen LogP contribution in [0.15, 0.2) is 40.8 Å². The fourth-order valence-corrected chi connectivity index (χ4v) is 3.60. The second kappa shape index (κ2) is 6.96. The number of aromatic nitrogens is 1. The molecule has 0 aliphatic carbocycles. The van der Waals surface area contributed by atoms with E-state index in [1.807, 2.05) is 24.3 Å². The fraction of sp³-hybridized carbons (Fsp3) is 0.350. The first-order valence-electron chi connectivity index (χ1n) is 8.77. The van der Waals surface area contributed by atoms with E-state index in [-0.39, 0.29) is 11.7 Å². The van der Waals surface area contributed by atoms with Gasteiger partial charge in [-0.1, -0.05) is 12.1 Å². The van der Waals surface area contributed by atoms with Crippen LogP contribution in [0.1, 0.15) is 30.2 Å². The Morgan fingerprint density at radius 3 is 3.00 bits per heavy atom. The number of benzene rings is 2. The molecule has 0 spiro atoms. The maximum Gasteiger partial charge on any atom is 0.199 e. The number of rotatable bonds is 4. The summed E-state index contributed by atoms with van der Waals surface area (Å²) in [6, 6.07) is 10.8. The Morgan fingerprint density at radius 2 is 2.19 bits per heavy atom. The average molecular weight is 356 g/mol. The maximum atomic E-state index is 13.9. The Bertz CT molecular complexity index is 892. The molecule has 4 rings (SSSR count). The van der Waals surface area contributed by atoms with Crippen LogP contribution in [0.25, 0.3) is 11.1 Å². The minimum atomic E-state index is -0.660. The summed E-state index contributed by atoms with van der Waals surface area (Å²) in [5.41, 5.74) is 2.46. The zero-order valence-corrected chi connectivity index (χ0v) is 14.6. The van der Waals surface area contributed by atoms with Gasteiger partial charge in [0.05, 0.1) is 7.11 Å². The van der Waals surface area contributed by atoms with Gasteiger partial charge in [-0.25, -0.2) is 9.37 Å². The minimum Gasteiger partial charge on any atom is -0.502 e. The number of likely N-dealkylation sites (tertiary alicyclic amines) is 1. The van der Waals surface area contributed by atoms with Crippen molar-refractivity contribution >= 4 is 11.1 Å². The number of nitrogens with zero attached hydrogens (tertiary/aromatic N) is 2. The lowest BCUT2D eigenvalue weighted by atomic mass is 9.97. The van der Waals surface area contributed by atoms with Gasteiger partial charge >= 0.3 is 0 Å². The molecule has 1 saturated heterocycles. The molecular weight excluding hydrogens is 335 g/mol. The molecule has 1 aliphatic heterocycles. The maximum absolute atomic E-state index is 13.9. The van der Waals surface area contributed by atoms with E-state index in [9.17, 15) is 9.50 Å². The molecule has 1 aromatic heterocycles. The van der Waals surface area contributed by atoms with E-state index >= 15 is 0 Å². The number of methoxy groups -OCH3 is 1. The number of halogens is 1. The molecular formula is C20H21FN2O3. The summed E-state index contributed by atoms with van der Waals surface area (Å²) >= 11 is 0. The second-order valence-corrected chi connectivity index (χ2v) is 6.72. The van der Waals surface area contributed by atoms with Crippen molar-refractivity contribution in [2.45, 2.75) is 25.3 Å². The van der Waals surface area contributed by atoms with Gasteiger partial charge in [0.2, 0.25) is 0 Å². The van der Waals surface area contributed by atoms with E-state index in [1.165, 1.54) is 13.2 Å². The topological polar surface area (TPSA) is 58.7 Å². The zero-order valence-electron chi connectivity index (χ0n) is 14.6. The highest BCUT2D eigenvalue weighted by Crippen LogP contribution is 2.33. The largest absolute Gasteiger partial charge is 0.502 e. The molecule has 2 heterocycles. The van der Waals surface area contributed by atoms with E-state index in [2.05, 4.69) is 9.88 Å². The lowest BCUT2D eigenvalue weighted by molar-refractivity contribution is 0.187. The number of phenols is 1. The van der Waals surface area contributed by atoms with Crippen LogP contribution in [0.3, 0.4) is 0 Å². The molecule has 5 nitrogen and oxygen atoms in total. The molecule has 3 aromatic rings. The van der Waals surface area contributed by atoms with E-state index in [1.54, 1.807) is 6.07 Å². The standard InChI is InChI=1S/C20H21FN2O3/c1-25-18-10-13(9-15(21)19(18)24)11-23-8-4-5-14(12-23)20-22-16-6-2-3-7-17(16)26-20/h2-3,6-7,9-10,14,24H,4-5,8,11-12H2,1H3. The van der Waals surface area contributed by atoms with Crippen LogP contribution in [0, 0.1) is 5.82 Å². The van der Waals surface area contributed by atoms with E-state index in [0.29, 0.717) is 6.54 Å². The third kappa shape index (κ3) is 3.24. The Balaban J connectivity index is 1.51. The number of fused-ring (bicyclic) bond motifs is 1. The highest BCUT2D eigenvalue weighted by atomic mass is 19.1. The van der Waals surface area contributed by atoms with Crippen LogP contribution < -0.4 is 4.74 Å². The number of ether oxygens (including phenoxy) is 1. The highest BCUT2D eigenvalue weighted by molar-refractivity contribution is 5.72. The summed E-state index contributed by atoms with van der Waals surface area (Å²) in [6.45, 7) is 2.32. The molecule has 26 heavy (non-hydrogen) atoms. The highest BCUT2D eigenvalue weighted by Gasteiger charge is 2.26. The molecule has 1 atom stereocenters. The molecule has 2 aromatic carbocycles. The van der Waals surface area contributed by atoms with Gasteiger partial charge in [0.15, 0.2) is 28.8 Å². The molecule has 1 fully saturated rings. The second-order valence-electron chi connectivity index (χ2n) is 6.72. The SMILES string of the molecule is COc1cc(CN2CCCC(c3nc4ccccc4o3)C2)cc(F)c1O. The van der Waals surface area contributed by atoms with Crippen LogP contribution >= 0.6 is 0 Å². The van der Waals surface area contributed by atoms with Crippen molar-refractivity contribution in [3.63, 3.8) is 0 Å². The summed E-state index contributed by atoms with van der Waals surface area (Å²) in [6.07, 6.45) is 2.05. The Kier molecular flexibility index (Phi) is 4.51. The summed E-state index contributed by atoms with van der Waals surface area (Å²) < 4.78 is 24.8. The zero-order chi connectivity index (χ0) is 18.1. The third-order valence-electron chi connectivity index (χ3n) is 4.88. The van der Waals surface area contributed by atoms with Crippen LogP contribution in [0.5, 0.6) is 11.5 Å². The molecule has 0 bridgehead atoms. The number of para-hydroxylation sites is 2. The smallest absolute Gasteiger partial charge is 0.199 e. The van der Waals surface area contributed by atoms with Gasteiger partial charge in [0.1, 0.15) is 5.52 Å². The van der Waals surface area contributed by atoms with Gasteiger partial charge in [-0.3, -0.25) is 4.90 Å². The van der Waals surface area contributed by atoms with E-state index < -0.39 is 11.6 Å². The summed E-state index contributed by atoms with van der Waals surface area (Å²) in [5, 5.41) is 9.65. The van der Waals surface area contributed by atoms with Gasteiger partial charge in [-0.2, -0.15) is 0 Å². The van der Waals surface area contributed by atoms with E-state index in [0.717, 1.165) is 48.5 Å². The predicted octanol–water partition coefficient (Wildman–Crippen LogP) is 4.06. The molecule has 136 valence electrons. The molecule has 6 heteroatoms. The summed E-state index contributed by atoms with van der Waals surface area (Å²) in [5.74, 6) is 0.0454. The normalized spacial score (nSPS) is 18.3. The van der Waals surface area contributed by atoms with Crippen molar-refractivity contribution in [3.8, 4) is 11.5 Å². The van der Waals surface area contributed by atoms with Gasteiger partial charge in [-0.15, -0.1) is 0 Å². The number of hydrogen-bond acceptors (Lipinski definition) is 5. The number of aromatic hydroxyl groups is 1. The van der Waals surface area contributed by atoms with Crippen molar-refractivity contribution < 1.29 is 18.7 Å². The van der Waals surface area contributed by atoms with Crippen LogP contribution in [-0.4, -0.2) is 35.2 Å². The van der Waals surface area contributed by atoms with Crippen molar-refractivity contribution in [3.05, 3.63) is 53.7 Å². The Morgan fingerprint density at radius 1 is 1.35 bits per heavy atom. The van der Waals surface area contributed by atoms with Gasteiger partial charge in [-0.05, 0) is 49.2 Å². The van der Waals surface area contributed by atoms with Crippen molar-refractivity contribution in [1.82, 2.24) is 9.88 Å². The lowest BCUT2D eigenvalue weighted by Gasteiger charge is -2.31. The fourth-order valence-electron chi connectivity index (χ4n) is 3.60. The van der Waals surface area contributed by atoms with Crippen molar-refractivity contribution in [1.29, 1.82) is 0 Å². The molecule has 1 unspecified atom stereocenters. The Hall–Kier alpha value is -2.60. The molecule has 0 amide bonds. The molecule has 0 radical (unpaired) electrons. The first-order chi connectivity index (χ1) is 12.6. The van der Waals surface area contributed by atoms with Crippen molar-refractivity contribution in [2.75, 3.05) is 20.2 Å². The van der Waals surface area contributed by atoms with Gasteiger partial charge < -0.3 is 14.3 Å².